The first-order valence-corrected chi connectivity index (χ1v) is 12.7. The zero-order valence-electron chi connectivity index (χ0n) is 20.5. The minimum atomic E-state index is -0.213. The van der Waals surface area contributed by atoms with Crippen LogP contribution in [0.2, 0.25) is 0 Å². The Bertz CT molecular complexity index is 1480. The molecule has 0 amide bonds. The van der Waals surface area contributed by atoms with Gasteiger partial charge in [-0.25, -0.2) is 0 Å². The van der Waals surface area contributed by atoms with Crippen LogP contribution in [-0.2, 0) is 0 Å². The van der Waals surface area contributed by atoms with Gasteiger partial charge in [0.05, 0.1) is 5.71 Å². The lowest BCUT2D eigenvalue weighted by molar-refractivity contribution is 0.664. The summed E-state index contributed by atoms with van der Waals surface area (Å²) in [5.41, 5.74) is 15.3. The molecule has 3 nitrogen and oxygen atoms in total. The lowest BCUT2D eigenvalue weighted by Gasteiger charge is -2.25. The van der Waals surface area contributed by atoms with Gasteiger partial charge in [0, 0.05) is 22.7 Å². The maximum atomic E-state index is 5.79. The molecule has 1 aliphatic heterocycles. The van der Waals surface area contributed by atoms with Crippen LogP contribution in [0.1, 0.15) is 28.4 Å². The summed E-state index contributed by atoms with van der Waals surface area (Å²) in [6.45, 7) is 4.40. The fourth-order valence-corrected chi connectivity index (χ4v) is 4.77. The lowest BCUT2D eigenvalue weighted by Crippen LogP contribution is -2.24. The van der Waals surface area contributed by atoms with Gasteiger partial charge in [0.1, 0.15) is 6.17 Å². The van der Waals surface area contributed by atoms with E-state index in [1.54, 1.807) is 0 Å². The highest BCUT2D eigenvalue weighted by molar-refractivity contribution is 7.80. The van der Waals surface area contributed by atoms with E-state index in [2.05, 4.69) is 90.8 Å². The van der Waals surface area contributed by atoms with Crippen molar-refractivity contribution in [3.05, 3.63) is 150 Å². The molecule has 0 aromatic heterocycles. The Balaban J connectivity index is 1.57. The third-order valence-electron chi connectivity index (χ3n) is 6.36. The van der Waals surface area contributed by atoms with E-state index < -0.39 is 0 Å². The first-order valence-electron chi connectivity index (χ1n) is 12.3. The van der Waals surface area contributed by atoms with Crippen LogP contribution in [-0.4, -0.2) is 12.3 Å². The summed E-state index contributed by atoms with van der Waals surface area (Å²) >= 11 is 4.69. The van der Waals surface area contributed by atoms with E-state index in [-0.39, 0.29) is 6.17 Å². The first-order chi connectivity index (χ1) is 18.1. The van der Waals surface area contributed by atoms with E-state index in [1.165, 1.54) is 11.1 Å². The Labute approximate surface area is 224 Å². The second-order valence-corrected chi connectivity index (χ2v) is 9.36. The van der Waals surface area contributed by atoms with Crippen molar-refractivity contribution < 1.29 is 0 Å². The summed E-state index contributed by atoms with van der Waals surface area (Å²) < 4.78 is 0. The molecule has 0 spiro atoms. The van der Waals surface area contributed by atoms with Crippen LogP contribution in [0.4, 0.5) is 0 Å². The van der Waals surface area contributed by atoms with E-state index in [0.717, 1.165) is 44.1 Å². The molecule has 0 bridgehead atoms. The number of nitrogens with one attached hydrogen (secondary N) is 1. The number of hydrogen-bond donors (Lipinski definition) is 3. The van der Waals surface area contributed by atoms with Gasteiger partial charge in [-0.2, -0.15) is 0 Å². The van der Waals surface area contributed by atoms with Crippen LogP contribution >= 0.6 is 12.6 Å². The van der Waals surface area contributed by atoms with Crippen LogP contribution in [0.5, 0.6) is 0 Å². The van der Waals surface area contributed by atoms with Crippen molar-refractivity contribution >= 4 is 29.6 Å². The molecule has 0 saturated carbocycles. The molecule has 1 aliphatic rings. The molecule has 1 unspecified atom stereocenters. The largest absolute Gasteiger partial charge is 0.360 e. The van der Waals surface area contributed by atoms with Gasteiger partial charge in [-0.1, -0.05) is 104 Å². The van der Waals surface area contributed by atoms with Gasteiger partial charge in [-0.3, -0.25) is 4.99 Å². The van der Waals surface area contributed by atoms with Crippen LogP contribution < -0.4 is 11.1 Å². The van der Waals surface area contributed by atoms with Crippen molar-refractivity contribution in [3.8, 4) is 11.1 Å². The summed E-state index contributed by atoms with van der Waals surface area (Å²) in [5, 5.41) is 3.64. The number of nitrogens with two attached hydrogens (primary N) is 1. The van der Waals surface area contributed by atoms with E-state index in [1.807, 2.05) is 42.5 Å². The monoisotopic (exact) mass is 499 g/mol. The SMILES string of the molecule is C=C/C(=C\CN)c1cc(S)cc(C2=NC(c3ccccc3)NC(c3ccc(-c4ccccc4)cc3)=C2)c1. The number of hydrogen-bond acceptors (Lipinski definition) is 4. The quantitative estimate of drug-likeness (QED) is 0.185. The summed E-state index contributed by atoms with van der Waals surface area (Å²) in [6, 6.07) is 35.6. The molecular formula is C33H29N3S. The van der Waals surface area contributed by atoms with Gasteiger partial charge >= 0.3 is 0 Å². The highest BCUT2D eigenvalue weighted by Gasteiger charge is 2.20. The predicted octanol–water partition coefficient (Wildman–Crippen LogP) is 7.30. The Morgan fingerprint density at radius 1 is 0.838 bits per heavy atom. The van der Waals surface area contributed by atoms with E-state index in [4.69, 9.17) is 23.4 Å². The maximum absolute atomic E-state index is 5.79. The molecule has 4 heteroatoms. The molecule has 4 aromatic rings. The summed E-state index contributed by atoms with van der Waals surface area (Å²) in [5.74, 6) is 0. The molecule has 182 valence electrons. The normalized spacial score (nSPS) is 15.4. The molecule has 3 N–H and O–H groups in total. The smallest absolute Gasteiger partial charge is 0.145 e. The molecule has 1 heterocycles. The molecule has 0 saturated heterocycles. The summed E-state index contributed by atoms with van der Waals surface area (Å²) in [7, 11) is 0. The topological polar surface area (TPSA) is 50.4 Å². The zero-order valence-corrected chi connectivity index (χ0v) is 21.4. The third kappa shape index (κ3) is 5.67. The molecule has 4 aromatic carbocycles. The average molecular weight is 500 g/mol. The van der Waals surface area contributed by atoms with Crippen molar-refractivity contribution in [2.24, 2.45) is 10.7 Å². The molecule has 5 rings (SSSR count). The molecule has 0 fully saturated rings. The Morgan fingerprint density at radius 3 is 2.16 bits per heavy atom. The van der Waals surface area contributed by atoms with Crippen molar-refractivity contribution in [1.82, 2.24) is 5.32 Å². The standard InChI is InChI=1S/C33H29N3S/c1-2-23(17-18-34)28-19-29(21-30(37)20-28)32-22-31(35-33(36-32)27-11-7-4-8-12-27)26-15-13-25(14-16-26)24-9-5-3-6-10-24/h2-17,19-22,33,35,37H,1,18,34H2/b23-17+. The van der Waals surface area contributed by atoms with Crippen molar-refractivity contribution in [2.45, 2.75) is 11.1 Å². The Morgan fingerprint density at radius 2 is 1.49 bits per heavy atom. The lowest BCUT2D eigenvalue weighted by atomic mass is 9.97. The van der Waals surface area contributed by atoms with E-state index >= 15 is 0 Å². The van der Waals surface area contributed by atoms with Crippen LogP contribution in [0.3, 0.4) is 0 Å². The molecule has 0 aliphatic carbocycles. The number of rotatable bonds is 7. The second kappa shape index (κ2) is 11.3. The zero-order chi connectivity index (χ0) is 25.6. The molecule has 0 radical (unpaired) electrons. The van der Waals surface area contributed by atoms with Crippen molar-refractivity contribution in [2.75, 3.05) is 6.54 Å². The first kappa shape index (κ1) is 24.6. The molecular weight excluding hydrogens is 470 g/mol. The number of aliphatic imine (C=N–C) groups is 1. The van der Waals surface area contributed by atoms with Gasteiger partial charge in [0.15, 0.2) is 0 Å². The van der Waals surface area contributed by atoms with E-state index in [0.29, 0.717) is 6.54 Å². The van der Waals surface area contributed by atoms with Gasteiger partial charge in [-0.05, 0) is 57.7 Å². The molecule has 1 atom stereocenters. The van der Waals surface area contributed by atoms with Gasteiger partial charge < -0.3 is 11.1 Å². The van der Waals surface area contributed by atoms with E-state index in [9.17, 15) is 0 Å². The highest BCUT2D eigenvalue weighted by Crippen LogP contribution is 2.30. The number of thiol groups is 1. The highest BCUT2D eigenvalue weighted by atomic mass is 32.1. The minimum absolute atomic E-state index is 0.213. The van der Waals surface area contributed by atoms with Crippen LogP contribution in [0.15, 0.2) is 138 Å². The number of benzene rings is 4. The van der Waals surface area contributed by atoms with Gasteiger partial charge in [0.2, 0.25) is 0 Å². The Hall–Kier alpha value is -4.12. The average Bonchev–Trinajstić information content (AvgIpc) is 2.96. The van der Waals surface area contributed by atoms with Crippen molar-refractivity contribution in [1.29, 1.82) is 0 Å². The fourth-order valence-electron chi connectivity index (χ4n) is 4.50. The maximum Gasteiger partial charge on any atom is 0.145 e. The number of allylic oxidation sites excluding steroid dienone is 3. The van der Waals surface area contributed by atoms with Crippen molar-refractivity contribution in [3.63, 3.8) is 0 Å². The minimum Gasteiger partial charge on any atom is -0.360 e. The second-order valence-electron chi connectivity index (χ2n) is 8.84. The predicted molar refractivity (Wildman–Crippen MR) is 160 cm³/mol. The fraction of sp³-hybridized carbons (Fsp3) is 0.0606. The van der Waals surface area contributed by atoms with Crippen LogP contribution in [0.25, 0.3) is 22.4 Å². The number of nitrogens with zero attached hydrogens (tertiary/aromatic N) is 1. The summed E-state index contributed by atoms with van der Waals surface area (Å²) in [6.07, 6.45) is 5.69. The molecule has 37 heavy (non-hydrogen) atoms. The van der Waals surface area contributed by atoms with Crippen LogP contribution in [0, 0.1) is 0 Å². The Kier molecular flexibility index (Phi) is 7.50. The van der Waals surface area contributed by atoms with Gasteiger partial charge in [0.25, 0.3) is 0 Å². The summed E-state index contributed by atoms with van der Waals surface area (Å²) in [4.78, 5) is 5.96. The third-order valence-corrected chi connectivity index (χ3v) is 6.62. The van der Waals surface area contributed by atoms with Gasteiger partial charge in [-0.15, -0.1) is 12.6 Å².